The number of benzene rings is 4. The van der Waals surface area contributed by atoms with E-state index in [1.54, 1.807) is 30.3 Å². The molecule has 36 heavy (non-hydrogen) atoms. The smallest absolute Gasteiger partial charge is 0.180 e. The molecule has 7 heteroatoms. The maximum atomic E-state index is 11.3. The molecule has 0 unspecified atom stereocenters. The fraction of sp³-hybridized carbons (Fsp3) is 0.0345. The lowest BCUT2D eigenvalue weighted by molar-refractivity contribution is 0.475. The summed E-state index contributed by atoms with van der Waals surface area (Å²) in [6.07, 6.45) is 4.06. The average Bonchev–Trinajstić information content (AvgIpc) is 3.15. The van der Waals surface area contributed by atoms with Crippen LogP contribution in [-0.2, 0) is 0 Å². The number of nitrogens with one attached hydrogen (secondary N) is 1. The molecule has 6 rings (SSSR count). The molecule has 3 aromatic rings. The van der Waals surface area contributed by atoms with Crippen LogP contribution in [0.25, 0.3) is 34.3 Å². The molecule has 4 nitrogen and oxygen atoms in total. The maximum absolute atomic E-state index is 11.3. The number of para-hydroxylation sites is 2. The number of hydrogen-bond donors (Lipinski definition) is 2. The zero-order valence-corrected chi connectivity index (χ0v) is 21.2. The standard InChI is InChI=1S/C14H11NO.C14H9NO.CHCl3/c2*16-12-7-8-14-11(9-12)6-5-10-3-1-2-4-13(10)15-14;2-1(3)4/h1-9,15-16H;1-9H;1H. The van der Waals surface area contributed by atoms with Crippen LogP contribution in [0, 0.1) is 0 Å². The first-order chi connectivity index (χ1) is 17.4. The van der Waals surface area contributed by atoms with Crippen LogP contribution in [0.3, 0.4) is 0 Å². The molecule has 0 atom stereocenters. The van der Waals surface area contributed by atoms with E-state index < -0.39 is 4.30 Å². The highest BCUT2D eigenvalue weighted by Gasteiger charge is 2.08. The lowest BCUT2D eigenvalue weighted by Crippen LogP contribution is -1.96. The monoisotopic (exact) mass is 534 g/mol. The van der Waals surface area contributed by atoms with Gasteiger partial charge in [-0.1, -0.05) is 95.5 Å². The van der Waals surface area contributed by atoms with Crippen LogP contribution in [0.4, 0.5) is 11.4 Å². The van der Waals surface area contributed by atoms with Crippen LogP contribution in [0.1, 0.15) is 11.1 Å². The number of alkyl halides is 3. The number of aromatic hydroxyl groups is 1. The second kappa shape index (κ2) is 11.9. The molecule has 0 spiro atoms. The Morgan fingerprint density at radius 1 is 0.722 bits per heavy atom. The first kappa shape index (κ1) is 25.5. The lowest BCUT2D eigenvalue weighted by Gasteiger charge is -2.09. The van der Waals surface area contributed by atoms with Crippen LogP contribution in [-0.4, -0.2) is 14.4 Å². The van der Waals surface area contributed by atoms with Crippen molar-refractivity contribution in [3.63, 3.8) is 0 Å². The summed E-state index contributed by atoms with van der Waals surface area (Å²) in [5.41, 5.74) is 6.93. The number of fused-ring (bicyclic) bond motifs is 4. The lowest BCUT2D eigenvalue weighted by atomic mass is 10.1. The number of hydrogen-bond acceptors (Lipinski definition) is 4. The van der Waals surface area contributed by atoms with Gasteiger partial charge in [0, 0.05) is 27.9 Å². The molecule has 3 aromatic carbocycles. The Bertz CT molecular complexity index is 1550. The predicted octanol–water partition coefficient (Wildman–Crippen LogP) is 8.31. The molecule has 0 saturated heterocycles. The van der Waals surface area contributed by atoms with Crippen molar-refractivity contribution in [2.75, 3.05) is 5.32 Å². The Labute approximate surface area is 223 Å². The van der Waals surface area contributed by atoms with E-state index in [0.717, 1.165) is 44.7 Å². The molecule has 0 fully saturated rings. The minimum atomic E-state index is -0.750. The molecule has 2 heterocycles. The third kappa shape index (κ3) is 6.76. The molecule has 2 aliphatic heterocycles. The predicted molar refractivity (Wildman–Crippen MR) is 153 cm³/mol. The van der Waals surface area contributed by atoms with E-state index in [4.69, 9.17) is 34.8 Å². The maximum Gasteiger partial charge on any atom is 0.180 e. The van der Waals surface area contributed by atoms with Crippen molar-refractivity contribution in [3.8, 4) is 17.0 Å². The number of anilines is 2. The van der Waals surface area contributed by atoms with Gasteiger partial charge in [-0.15, -0.1) is 0 Å². The Morgan fingerprint density at radius 2 is 1.42 bits per heavy atom. The number of phenols is 1. The Kier molecular flexibility index (Phi) is 8.44. The van der Waals surface area contributed by atoms with Crippen molar-refractivity contribution in [2.24, 2.45) is 0 Å². The zero-order valence-electron chi connectivity index (χ0n) is 18.9. The summed E-state index contributed by atoms with van der Waals surface area (Å²) < 4.78 is -0.750. The first-order valence-electron chi connectivity index (χ1n) is 11.0. The third-order valence-corrected chi connectivity index (χ3v) is 5.33. The third-order valence-electron chi connectivity index (χ3n) is 5.33. The highest BCUT2D eigenvalue weighted by molar-refractivity contribution is 6.63. The SMILES string of the molecule is ClC(Cl)Cl.O=c1ccc2nc3ccccc3ccc-2c1.Oc1ccc2c(c1)C=Cc1ccccc1N2. The van der Waals surface area contributed by atoms with Gasteiger partial charge < -0.3 is 10.4 Å². The van der Waals surface area contributed by atoms with Crippen LogP contribution in [0.15, 0.2) is 102 Å². The largest absolute Gasteiger partial charge is 0.508 e. The second-order valence-electron chi connectivity index (χ2n) is 7.79. The zero-order chi connectivity index (χ0) is 25.5. The summed E-state index contributed by atoms with van der Waals surface area (Å²) in [4.78, 5) is 15.8. The van der Waals surface area contributed by atoms with Crippen LogP contribution in [0.2, 0.25) is 0 Å². The van der Waals surface area contributed by atoms with Crippen molar-refractivity contribution < 1.29 is 5.11 Å². The highest BCUT2D eigenvalue weighted by Crippen LogP contribution is 2.31. The molecule has 0 aromatic heterocycles. The molecular formula is C29H21Cl3N2O2. The van der Waals surface area contributed by atoms with Crippen LogP contribution >= 0.6 is 34.8 Å². The molecule has 0 saturated carbocycles. The summed E-state index contributed by atoms with van der Waals surface area (Å²) >= 11 is 14.4. The van der Waals surface area contributed by atoms with Gasteiger partial charge >= 0.3 is 0 Å². The van der Waals surface area contributed by atoms with E-state index in [0.29, 0.717) is 0 Å². The minimum Gasteiger partial charge on any atom is -0.508 e. The summed E-state index contributed by atoms with van der Waals surface area (Å²) in [6, 6.07) is 30.2. The van der Waals surface area contributed by atoms with Gasteiger partial charge in [0.05, 0.1) is 11.2 Å². The summed E-state index contributed by atoms with van der Waals surface area (Å²) in [5, 5.41) is 13.9. The van der Waals surface area contributed by atoms with Crippen LogP contribution < -0.4 is 10.7 Å². The Hall–Kier alpha value is -3.57. The number of nitrogens with zero attached hydrogens (tertiary/aromatic N) is 1. The van der Waals surface area contributed by atoms with Gasteiger partial charge in [-0.2, -0.15) is 0 Å². The molecule has 1 aliphatic carbocycles. The van der Waals surface area contributed by atoms with Crippen molar-refractivity contribution >= 4 is 69.2 Å². The van der Waals surface area contributed by atoms with Crippen molar-refractivity contribution in [1.29, 1.82) is 0 Å². The van der Waals surface area contributed by atoms with Gasteiger partial charge in [0.1, 0.15) is 5.75 Å². The van der Waals surface area contributed by atoms with E-state index in [-0.39, 0.29) is 11.2 Å². The molecule has 180 valence electrons. The number of aromatic nitrogens is 1. The fourth-order valence-electron chi connectivity index (χ4n) is 3.69. The van der Waals surface area contributed by atoms with Crippen molar-refractivity contribution in [2.45, 2.75) is 4.30 Å². The summed E-state index contributed by atoms with van der Waals surface area (Å²) in [5.74, 6) is 0.288. The molecule has 2 N–H and O–H groups in total. The van der Waals surface area contributed by atoms with Crippen LogP contribution in [0.5, 0.6) is 5.75 Å². The molecule has 0 bridgehead atoms. The van der Waals surface area contributed by atoms with Crippen molar-refractivity contribution in [3.05, 3.63) is 118 Å². The number of phenolic OH excluding ortho intramolecular Hbond substituents is 1. The van der Waals surface area contributed by atoms with Gasteiger partial charge in [-0.3, -0.25) is 4.79 Å². The van der Waals surface area contributed by atoms with E-state index in [1.165, 1.54) is 0 Å². The quantitative estimate of drug-likeness (QED) is 0.152. The van der Waals surface area contributed by atoms with Gasteiger partial charge in [0.25, 0.3) is 0 Å². The number of halogens is 3. The summed E-state index contributed by atoms with van der Waals surface area (Å²) in [6.45, 7) is 0. The Balaban J connectivity index is 0.000000148. The molecule has 0 amide bonds. The normalized spacial score (nSPS) is 11.2. The van der Waals surface area contributed by atoms with Crippen molar-refractivity contribution in [1.82, 2.24) is 4.98 Å². The van der Waals surface area contributed by atoms with Gasteiger partial charge in [0.15, 0.2) is 9.72 Å². The number of rotatable bonds is 0. The topological polar surface area (TPSA) is 62.2 Å². The summed E-state index contributed by atoms with van der Waals surface area (Å²) in [7, 11) is 0. The first-order valence-corrected chi connectivity index (χ1v) is 12.3. The Morgan fingerprint density at radius 3 is 2.25 bits per heavy atom. The second-order valence-corrected chi connectivity index (χ2v) is 9.77. The fourth-order valence-corrected chi connectivity index (χ4v) is 3.69. The highest BCUT2D eigenvalue weighted by atomic mass is 35.6. The van der Waals surface area contributed by atoms with E-state index in [9.17, 15) is 9.90 Å². The minimum absolute atomic E-state index is 0.0181. The van der Waals surface area contributed by atoms with E-state index in [1.807, 2.05) is 72.8 Å². The average molecular weight is 536 g/mol. The molecule has 0 radical (unpaired) electrons. The van der Waals surface area contributed by atoms with Gasteiger partial charge in [-0.25, -0.2) is 4.98 Å². The molecule has 3 aliphatic rings. The van der Waals surface area contributed by atoms with Gasteiger partial charge in [-0.05, 0) is 54.1 Å². The molecular weight excluding hydrogens is 515 g/mol. The van der Waals surface area contributed by atoms with E-state index in [2.05, 4.69) is 16.4 Å². The van der Waals surface area contributed by atoms with E-state index >= 15 is 0 Å². The van der Waals surface area contributed by atoms with Gasteiger partial charge in [0.2, 0.25) is 0 Å².